The fourth-order valence-corrected chi connectivity index (χ4v) is 9.41. The van der Waals surface area contributed by atoms with E-state index in [1.165, 1.54) is 4.90 Å². The Morgan fingerprint density at radius 1 is 1.06 bits per heavy atom. The zero-order chi connectivity index (χ0) is 39.4. The quantitative estimate of drug-likeness (QED) is 0.152. The van der Waals surface area contributed by atoms with Gasteiger partial charge in [0, 0.05) is 18.5 Å². The van der Waals surface area contributed by atoms with Gasteiger partial charge < -0.3 is 29.7 Å². The van der Waals surface area contributed by atoms with Crippen molar-refractivity contribution in [3.8, 4) is 0 Å². The van der Waals surface area contributed by atoms with Crippen LogP contribution < -0.4 is 5.32 Å². The first kappa shape index (κ1) is 40.9. The van der Waals surface area contributed by atoms with Gasteiger partial charge in [0.15, 0.2) is 0 Å². The van der Waals surface area contributed by atoms with Gasteiger partial charge in [-0.1, -0.05) is 93.6 Å². The maximum Gasteiger partial charge on any atom is 0.313 e. The molecule has 8 atom stereocenters. The van der Waals surface area contributed by atoms with Gasteiger partial charge in [-0.25, -0.2) is 0 Å². The lowest BCUT2D eigenvalue weighted by atomic mass is 9.70. The fourth-order valence-electron chi connectivity index (χ4n) is 9.41. The molecular formula is C44H59N3O7. The third-order valence-electron chi connectivity index (χ3n) is 11.2. The van der Waals surface area contributed by atoms with Gasteiger partial charge in [-0.15, -0.1) is 13.2 Å². The molecule has 10 nitrogen and oxygen atoms in total. The van der Waals surface area contributed by atoms with E-state index >= 15 is 9.59 Å². The molecule has 0 aliphatic carbocycles. The number of nitrogens with one attached hydrogen (secondary N) is 1. The highest BCUT2D eigenvalue weighted by atomic mass is 16.6. The Kier molecular flexibility index (Phi) is 12.6. The highest BCUT2D eigenvalue weighted by Crippen LogP contribution is 2.59. The number of amides is 3. The smallest absolute Gasteiger partial charge is 0.313 e. The van der Waals surface area contributed by atoms with Gasteiger partial charge in [0.2, 0.25) is 17.7 Å². The van der Waals surface area contributed by atoms with E-state index in [0.717, 1.165) is 5.56 Å². The summed E-state index contributed by atoms with van der Waals surface area (Å²) >= 11 is 0. The lowest BCUT2D eigenvalue weighted by molar-refractivity contribution is -0.163. The summed E-state index contributed by atoms with van der Waals surface area (Å²) < 4.78 is 13.1. The second kappa shape index (κ2) is 16.6. The number of nitrogens with zero attached hydrogens (tertiary/aromatic N) is 2. The minimum Gasteiger partial charge on any atom is -0.455 e. The molecule has 3 fully saturated rings. The largest absolute Gasteiger partial charge is 0.455 e. The number of hydrogen-bond acceptors (Lipinski definition) is 7. The predicted octanol–water partition coefficient (Wildman–Crippen LogP) is 5.95. The topological polar surface area (TPSA) is 125 Å². The monoisotopic (exact) mass is 741 g/mol. The van der Waals surface area contributed by atoms with Crippen LogP contribution in [0.4, 0.5) is 0 Å². The molecule has 2 N–H and O–H groups in total. The van der Waals surface area contributed by atoms with Crippen LogP contribution in [0.3, 0.4) is 0 Å². The van der Waals surface area contributed by atoms with Crippen LogP contribution in [0.5, 0.6) is 0 Å². The number of likely N-dealkylation sites (tertiary alicyclic amines) is 1. The average Bonchev–Trinajstić information content (AvgIpc) is 3.77. The summed E-state index contributed by atoms with van der Waals surface area (Å²) in [5.74, 6) is -3.51. The van der Waals surface area contributed by atoms with Gasteiger partial charge in [0.05, 0.1) is 36.6 Å². The third kappa shape index (κ3) is 8.35. The van der Waals surface area contributed by atoms with Crippen LogP contribution in [0, 0.1) is 17.3 Å². The number of allylic oxidation sites excluding steroid dienone is 1. The van der Waals surface area contributed by atoms with Crippen molar-refractivity contribution in [3.63, 3.8) is 0 Å². The van der Waals surface area contributed by atoms with E-state index in [4.69, 9.17) is 9.47 Å². The Morgan fingerprint density at radius 3 is 2.30 bits per heavy atom. The Hall–Kier alpha value is -4.28. The Labute approximate surface area is 321 Å². The standard InChI is InChI=1S/C44H59N3O7/c1-9-11-22-34(49)45-29(3)37(31-20-16-13-17-21-31)53-41(52)35-33-23-24-44(54-33)36(35)39(50)47(32(27-48)26-30-18-14-12-15-19-30)38(44)40(51)46(25-10-2)43(7,8)28-42(4,5)6/h9-10,12-21,29,32-33,35-38,48H,1-2,11,22-28H2,3-8H3,(H,45,49)/t29-,32-,33+,35-,36-,37-,38+,44-/m1/s1. The molecule has 3 amide bonds. The van der Waals surface area contributed by atoms with Crippen molar-refractivity contribution in [2.45, 2.75) is 122 Å². The van der Waals surface area contributed by atoms with Gasteiger partial charge in [0.25, 0.3) is 0 Å². The molecule has 1 spiro atoms. The van der Waals surface area contributed by atoms with Crippen molar-refractivity contribution in [2.75, 3.05) is 13.2 Å². The zero-order valence-electron chi connectivity index (χ0n) is 32.8. The number of rotatable bonds is 17. The van der Waals surface area contributed by atoms with Crippen molar-refractivity contribution in [1.29, 1.82) is 0 Å². The van der Waals surface area contributed by atoms with Gasteiger partial charge in [-0.05, 0) is 69.4 Å². The summed E-state index contributed by atoms with van der Waals surface area (Å²) in [5, 5.41) is 13.9. The maximum absolute atomic E-state index is 15.3. The number of hydrogen-bond donors (Lipinski definition) is 2. The van der Waals surface area contributed by atoms with Crippen molar-refractivity contribution in [3.05, 3.63) is 97.1 Å². The second-order valence-corrected chi connectivity index (χ2v) is 17.1. The Bertz CT molecular complexity index is 1670. The van der Waals surface area contributed by atoms with Gasteiger partial charge in [-0.2, -0.15) is 0 Å². The van der Waals surface area contributed by atoms with Gasteiger partial charge in [-0.3, -0.25) is 19.2 Å². The summed E-state index contributed by atoms with van der Waals surface area (Å²) in [6.07, 6.45) is 4.46. The van der Waals surface area contributed by atoms with Crippen molar-refractivity contribution in [2.24, 2.45) is 17.3 Å². The molecule has 3 aliphatic rings. The summed E-state index contributed by atoms with van der Waals surface area (Å²) in [4.78, 5) is 61.0. The molecule has 54 heavy (non-hydrogen) atoms. The predicted molar refractivity (Wildman–Crippen MR) is 208 cm³/mol. The first-order valence-corrected chi connectivity index (χ1v) is 19.3. The molecule has 3 saturated heterocycles. The Balaban J connectivity index is 1.55. The molecule has 3 heterocycles. The van der Waals surface area contributed by atoms with Crippen LogP contribution in [0.25, 0.3) is 0 Å². The van der Waals surface area contributed by atoms with Crippen LogP contribution in [0.15, 0.2) is 86.0 Å². The number of carbonyl (C=O) groups is 4. The normalized spacial score (nSPS) is 25.0. The van der Waals surface area contributed by atoms with Crippen molar-refractivity contribution in [1.82, 2.24) is 15.1 Å². The van der Waals surface area contributed by atoms with E-state index in [0.29, 0.717) is 37.7 Å². The number of benzene rings is 2. The molecule has 0 aromatic heterocycles. The van der Waals surface area contributed by atoms with Crippen LogP contribution in [0.1, 0.15) is 90.9 Å². The molecule has 0 radical (unpaired) electrons. The lowest BCUT2D eigenvalue weighted by Crippen LogP contribution is -2.62. The molecule has 2 bridgehead atoms. The van der Waals surface area contributed by atoms with Crippen LogP contribution >= 0.6 is 0 Å². The van der Waals surface area contributed by atoms with Crippen LogP contribution in [-0.4, -0.2) is 87.1 Å². The van der Waals surface area contributed by atoms with E-state index < -0.39 is 71.8 Å². The Morgan fingerprint density at radius 2 is 1.70 bits per heavy atom. The minimum atomic E-state index is -1.31. The van der Waals surface area contributed by atoms with E-state index in [2.05, 4.69) is 39.2 Å². The molecule has 0 saturated carbocycles. The SMILES string of the molecule is C=CCCC(=O)N[C@H](C)[C@@H](OC(=O)[C@@H]1[C@@H]2CC[C@]3(O2)[C@H](C(=O)N(CC=C)C(C)(C)CC(C)(C)C)N([C@@H](CO)Cc2ccccc2)C(=O)[C@@H]13)c1ccccc1. The van der Waals surface area contributed by atoms with E-state index in [-0.39, 0.29) is 30.2 Å². The molecule has 2 aromatic rings. The van der Waals surface area contributed by atoms with E-state index in [1.54, 1.807) is 24.0 Å². The number of aliphatic hydroxyl groups is 1. The number of ether oxygens (including phenoxy) is 2. The fraction of sp³-hybridized carbons (Fsp3) is 0.545. The van der Waals surface area contributed by atoms with Crippen molar-refractivity contribution < 1.29 is 33.8 Å². The van der Waals surface area contributed by atoms with Crippen molar-refractivity contribution >= 4 is 23.7 Å². The molecule has 292 valence electrons. The van der Waals surface area contributed by atoms with Crippen LogP contribution in [-0.2, 0) is 35.1 Å². The summed E-state index contributed by atoms with van der Waals surface area (Å²) in [6, 6.07) is 16.3. The van der Waals surface area contributed by atoms with E-state index in [9.17, 15) is 14.7 Å². The maximum atomic E-state index is 15.3. The van der Waals surface area contributed by atoms with Gasteiger partial charge >= 0.3 is 5.97 Å². The number of fused-ring (bicyclic) bond motifs is 1. The third-order valence-corrected chi connectivity index (χ3v) is 11.2. The highest BCUT2D eigenvalue weighted by Gasteiger charge is 2.76. The second-order valence-electron chi connectivity index (χ2n) is 17.1. The lowest BCUT2D eigenvalue weighted by Gasteiger charge is -2.46. The molecule has 3 aliphatic heterocycles. The number of esters is 1. The molecule has 2 aromatic carbocycles. The van der Waals surface area contributed by atoms with E-state index in [1.807, 2.05) is 74.5 Å². The first-order valence-electron chi connectivity index (χ1n) is 19.3. The number of carbonyl (C=O) groups excluding carboxylic acids is 4. The summed E-state index contributed by atoms with van der Waals surface area (Å²) in [5.41, 5.74) is -0.470. The summed E-state index contributed by atoms with van der Waals surface area (Å²) in [7, 11) is 0. The van der Waals surface area contributed by atoms with Crippen LogP contribution in [0.2, 0.25) is 0 Å². The number of aliphatic hydroxyl groups excluding tert-OH is 1. The molecule has 5 rings (SSSR count). The highest BCUT2D eigenvalue weighted by molar-refractivity contribution is 5.98. The molecule has 10 heteroatoms. The molecular weight excluding hydrogens is 682 g/mol. The zero-order valence-corrected chi connectivity index (χ0v) is 32.8. The first-order chi connectivity index (χ1) is 25.6. The van der Waals surface area contributed by atoms with Gasteiger partial charge in [0.1, 0.15) is 17.7 Å². The average molecular weight is 742 g/mol. The summed E-state index contributed by atoms with van der Waals surface area (Å²) in [6.45, 7) is 19.7. The minimum absolute atomic E-state index is 0.120. The molecule has 0 unspecified atom stereocenters.